The zero-order valence-corrected chi connectivity index (χ0v) is 9.81. The van der Waals surface area contributed by atoms with Gasteiger partial charge in [0.1, 0.15) is 11.9 Å². The topological polar surface area (TPSA) is 33.0 Å². The molecule has 0 radical (unpaired) electrons. The first kappa shape index (κ1) is 9.73. The lowest BCUT2D eigenvalue weighted by atomic mass is 9.92. The van der Waals surface area contributed by atoms with Gasteiger partial charge < -0.3 is 4.74 Å². The van der Waals surface area contributed by atoms with Crippen LogP contribution in [-0.4, -0.2) is 0 Å². The van der Waals surface area contributed by atoms with Crippen LogP contribution in [0.25, 0.3) is 11.1 Å². The second-order valence-electron chi connectivity index (χ2n) is 4.85. The van der Waals surface area contributed by atoms with Gasteiger partial charge in [-0.2, -0.15) is 5.26 Å². The molecular weight excluding hydrogens is 222 g/mol. The number of aryl methyl sites for hydroxylation is 1. The number of hydrogen-bond acceptors (Lipinski definition) is 2. The second kappa shape index (κ2) is 3.36. The van der Waals surface area contributed by atoms with Crippen molar-refractivity contribution >= 4 is 0 Å². The number of rotatable bonds is 0. The van der Waals surface area contributed by atoms with E-state index in [1.54, 1.807) is 0 Å². The van der Waals surface area contributed by atoms with Crippen LogP contribution in [0, 0.1) is 11.3 Å². The molecule has 1 aliphatic carbocycles. The van der Waals surface area contributed by atoms with Crippen LogP contribution in [0.4, 0.5) is 0 Å². The summed E-state index contributed by atoms with van der Waals surface area (Å²) in [6, 6.07) is 14.3. The van der Waals surface area contributed by atoms with Gasteiger partial charge in [-0.1, -0.05) is 18.2 Å². The Morgan fingerprint density at radius 2 is 2.11 bits per heavy atom. The molecule has 1 atom stereocenters. The first-order valence-corrected chi connectivity index (χ1v) is 6.20. The molecule has 1 unspecified atom stereocenters. The van der Waals surface area contributed by atoms with Crippen LogP contribution in [0.15, 0.2) is 36.4 Å². The van der Waals surface area contributed by atoms with Gasteiger partial charge in [-0.15, -0.1) is 0 Å². The van der Waals surface area contributed by atoms with E-state index in [4.69, 9.17) is 10.00 Å². The van der Waals surface area contributed by atoms with E-state index in [0.29, 0.717) is 5.56 Å². The predicted molar refractivity (Wildman–Crippen MR) is 68.3 cm³/mol. The third kappa shape index (κ3) is 1.16. The average Bonchev–Trinajstić information content (AvgIpc) is 2.83. The minimum atomic E-state index is 0.205. The van der Waals surface area contributed by atoms with E-state index < -0.39 is 0 Å². The zero-order chi connectivity index (χ0) is 12.1. The maximum atomic E-state index is 9.02. The van der Waals surface area contributed by atoms with Crippen LogP contribution < -0.4 is 4.74 Å². The van der Waals surface area contributed by atoms with E-state index in [1.807, 2.05) is 18.2 Å². The van der Waals surface area contributed by atoms with E-state index >= 15 is 0 Å². The van der Waals surface area contributed by atoms with Crippen molar-refractivity contribution in [1.82, 2.24) is 0 Å². The highest BCUT2D eigenvalue weighted by Gasteiger charge is 2.32. The van der Waals surface area contributed by atoms with Crippen LogP contribution >= 0.6 is 0 Å². The van der Waals surface area contributed by atoms with Gasteiger partial charge in [0.15, 0.2) is 0 Å². The van der Waals surface area contributed by atoms with Crippen LogP contribution in [0.5, 0.6) is 5.75 Å². The molecule has 0 saturated heterocycles. The van der Waals surface area contributed by atoms with Gasteiger partial charge in [0.05, 0.1) is 11.6 Å². The summed E-state index contributed by atoms with van der Waals surface area (Å²) in [5.41, 5.74) is 5.72. The van der Waals surface area contributed by atoms with Gasteiger partial charge >= 0.3 is 0 Å². The molecule has 1 heterocycles. The fraction of sp³-hybridized carbons (Fsp3) is 0.188. The predicted octanol–water partition coefficient (Wildman–Crippen LogP) is 3.60. The molecule has 18 heavy (non-hydrogen) atoms. The number of hydrogen-bond donors (Lipinski definition) is 0. The van der Waals surface area contributed by atoms with Crippen LogP contribution in [0.1, 0.15) is 29.2 Å². The number of fused-ring (bicyclic) bond motifs is 2. The summed E-state index contributed by atoms with van der Waals surface area (Å²) in [5.74, 6) is 0.908. The largest absolute Gasteiger partial charge is 0.485 e. The minimum absolute atomic E-state index is 0.205. The molecule has 2 aromatic carbocycles. The second-order valence-corrected chi connectivity index (χ2v) is 4.85. The smallest absolute Gasteiger partial charge is 0.128 e. The summed E-state index contributed by atoms with van der Waals surface area (Å²) in [5, 5.41) is 9.02. The normalized spacial score (nSPS) is 18.5. The molecule has 0 saturated carbocycles. The fourth-order valence-corrected chi connectivity index (χ4v) is 3.06. The highest BCUT2D eigenvalue weighted by Crippen LogP contribution is 2.48. The van der Waals surface area contributed by atoms with E-state index in [1.165, 1.54) is 16.7 Å². The summed E-state index contributed by atoms with van der Waals surface area (Å²) in [7, 11) is 0. The zero-order valence-electron chi connectivity index (χ0n) is 9.81. The van der Waals surface area contributed by atoms with Crippen LogP contribution in [-0.2, 0) is 6.42 Å². The van der Waals surface area contributed by atoms with Gasteiger partial charge in [0, 0.05) is 11.1 Å². The molecule has 1 aliphatic heterocycles. The summed E-state index contributed by atoms with van der Waals surface area (Å²) < 4.78 is 6.05. The summed E-state index contributed by atoms with van der Waals surface area (Å²) in [6.45, 7) is 0. The molecule has 0 fully saturated rings. The molecule has 0 amide bonds. The Morgan fingerprint density at radius 3 is 3.00 bits per heavy atom. The Morgan fingerprint density at radius 1 is 1.17 bits per heavy atom. The monoisotopic (exact) mass is 233 g/mol. The van der Waals surface area contributed by atoms with Crippen molar-refractivity contribution in [3.63, 3.8) is 0 Å². The summed E-state index contributed by atoms with van der Waals surface area (Å²) >= 11 is 0. The molecule has 2 nitrogen and oxygen atoms in total. The van der Waals surface area contributed by atoms with Gasteiger partial charge in [0.2, 0.25) is 0 Å². The highest BCUT2D eigenvalue weighted by atomic mass is 16.5. The molecule has 86 valence electrons. The van der Waals surface area contributed by atoms with E-state index in [9.17, 15) is 0 Å². The lowest BCUT2D eigenvalue weighted by Crippen LogP contribution is -2.10. The third-order valence-corrected chi connectivity index (χ3v) is 3.86. The van der Waals surface area contributed by atoms with Crippen molar-refractivity contribution in [2.45, 2.75) is 18.9 Å². The lowest BCUT2D eigenvalue weighted by Gasteiger charge is -2.26. The third-order valence-electron chi connectivity index (χ3n) is 3.86. The molecule has 2 aromatic rings. The molecule has 0 N–H and O–H groups in total. The van der Waals surface area contributed by atoms with Crippen molar-refractivity contribution in [2.24, 2.45) is 0 Å². The standard InChI is InChI=1S/C16H11NO/c17-9-10-4-6-14-13(8-10)12-3-1-2-11-5-7-15(18-14)16(11)12/h1-4,6,8,15H,5,7H2. The summed E-state index contributed by atoms with van der Waals surface area (Å²) in [4.78, 5) is 0. The maximum absolute atomic E-state index is 9.02. The number of nitriles is 1. The fourth-order valence-electron chi connectivity index (χ4n) is 3.06. The molecule has 0 spiro atoms. The van der Waals surface area contributed by atoms with Crippen molar-refractivity contribution in [2.75, 3.05) is 0 Å². The number of nitrogens with zero attached hydrogens (tertiary/aromatic N) is 1. The van der Waals surface area contributed by atoms with Crippen molar-refractivity contribution in [3.8, 4) is 22.9 Å². The van der Waals surface area contributed by atoms with Gasteiger partial charge in [0.25, 0.3) is 0 Å². The Labute approximate surface area is 105 Å². The van der Waals surface area contributed by atoms with E-state index in [-0.39, 0.29) is 6.10 Å². The summed E-state index contributed by atoms with van der Waals surface area (Å²) in [6.07, 6.45) is 2.36. The van der Waals surface area contributed by atoms with Crippen molar-refractivity contribution in [3.05, 3.63) is 53.1 Å². The van der Waals surface area contributed by atoms with Crippen LogP contribution in [0.3, 0.4) is 0 Å². The highest BCUT2D eigenvalue weighted by molar-refractivity contribution is 5.78. The van der Waals surface area contributed by atoms with Crippen molar-refractivity contribution < 1.29 is 4.74 Å². The average molecular weight is 233 g/mol. The quantitative estimate of drug-likeness (QED) is 0.696. The molecular formula is C16H11NO. The number of ether oxygens (including phenoxy) is 1. The maximum Gasteiger partial charge on any atom is 0.128 e. The first-order valence-electron chi connectivity index (χ1n) is 6.20. The molecule has 0 aromatic heterocycles. The Hall–Kier alpha value is -2.27. The van der Waals surface area contributed by atoms with Gasteiger partial charge in [-0.25, -0.2) is 0 Å². The van der Waals surface area contributed by atoms with Crippen LogP contribution in [0.2, 0.25) is 0 Å². The Kier molecular flexibility index (Phi) is 1.82. The Balaban J connectivity index is 2.03. The lowest BCUT2D eigenvalue weighted by molar-refractivity contribution is 0.204. The molecule has 2 heteroatoms. The van der Waals surface area contributed by atoms with E-state index in [2.05, 4.69) is 24.3 Å². The van der Waals surface area contributed by atoms with Gasteiger partial charge in [-0.3, -0.25) is 0 Å². The minimum Gasteiger partial charge on any atom is -0.485 e. The first-order chi connectivity index (χ1) is 8.86. The van der Waals surface area contributed by atoms with Crippen molar-refractivity contribution in [1.29, 1.82) is 5.26 Å². The Bertz CT molecular complexity index is 697. The molecule has 4 rings (SSSR count). The number of benzene rings is 2. The van der Waals surface area contributed by atoms with Gasteiger partial charge in [-0.05, 0) is 42.2 Å². The SMILES string of the molecule is N#Cc1ccc2c(c1)-c1cccc3c1C(CC3)O2. The molecule has 2 aliphatic rings. The molecule has 0 bridgehead atoms. The van der Waals surface area contributed by atoms with E-state index in [0.717, 1.165) is 24.2 Å².